The van der Waals surface area contributed by atoms with Crippen molar-refractivity contribution in [1.29, 1.82) is 0 Å². The SMILES string of the molecule is CC(C)CNC(=O)[C@@H](C)N(Cc1cccc(Cl)c1)C(=O)COc1ccc2ccccc2c1Br. The molecule has 0 unspecified atom stereocenters. The zero-order chi connectivity index (χ0) is 24.0. The standard InChI is InChI=1S/C26H28BrClN2O3/c1-17(2)14-29-26(32)18(3)30(15-19-7-6-9-21(28)13-19)24(31)16-33-23-12-11-20-8-4-5-10-22(20)25(23)27/h4-13,17-18H,14-16H2,1-3H3,(H,29,32)/t18-/m1/s1. The molecule has 0 aliphatic rings. The van der Waals surface area contributed by atoms with Crippen molar-refractivity contribution in [3.63, 3.8) is 0 Å². The number of carbonyl (C=O) groups is 2. The molecule has 33 heavy (non-hydrogen) atoms. The molecule has 3 aromatic carbocycles. The molecular formula is C26H28BrClN2O3. The number of hydrogen-bond donors (Lipinski definition) is 1. The Labute approximate surface area is 208 Å². The smallest absolute Gasteiger partial charge is 0.261 e. The van der Waals surface area contributed by atoms with Crippen LogP contribution in [0, 0.1) is 5.92 Å². The van der Waals surface area contributed by atoms with Gasteiger partial charge in [-0.25, -0.2) is 0 Å². The van der Waals surface area contributed by atoms with Crippen LogP contribution in [0.2, 0.25) is 5.02 Å². The lowest BCUT2D eigenvalue weighted by atomic mass is 10.1. The zero-order valence-electron chi connectivity index (χ0n) is 19.0. The summed E-state index contributed by atoms with van der Waals surface area (Å²) in [5.41, 5.74) is 0.839. The van der Waals surface area contributed by atoms with Gasteiger partial charge in [-0.05, 0) is 63.3 Å². The quantitative estimate of drug-likeness (QED) is 0.378. The van der Waals surface area contributed by atoms with E-state index in [4.69, 9.17) is 16.3 Å². The summed E-state index contributed by atoms with van der Waals surface area (Å²) >= 11 is 9.72. The summed E-state index contributed by atoms with van der Waals surface area (Å²) in [6.07, 6.45) is 0. The van der Waals surface area contributed by atoms with Crippen LogP contribution in [-0.2, 0) is 16.1 Å². The molecule has 7 heteroatoms. The first-order chi connectivity index (χ1) is 15.8. The van der Waals surface area contributed by atoms with E-state index in [2.05, 4.69) is 21.2 Å². The van der Waals surface area contributed by atoms with Gasteiger partial charge in [0.25, 0.3) is 5.91 Å². The molecule has 3 aromatic rings. The minimum absolute atomic E-state index is 0.195. The van der Waals surface area contributed by atoms with Crippen LogP contribution in [0.4, 0.5) is 0 Å². The van der Waals surface area contributed by atoms with E-state index in [-0.39, 0.29) is 25.0 Å². The number of benzene rings is 3. The van der Waals surface area contributed by atoms with E-state index in [1.165, 1.54) is 4.90 Å². The van der Waals surface area contributed by atoms with Crippen molar-refractivity contribution in [3.05, 3.63) is 75.7 Å². The summed E-state index contributed by atoms with van der Waals surface area (Å²) in [5, 5.41) is 5.56. The third-order valence-electron chi connectivity index (χ3n) is 5.27. The van der Waals surface area contributed by atoms with Crippen molar-refractivity contribution in [1.82, 2.24) is 10.2 Å². The topological polar surface area (TPSA) is 58.6 Å². The van der Waals surface area contributed by atoms with Gasteiger partial charge in [-0.2, -0.15) is 0 Å². The average molecular weight is 532 g/mol. The first-order valence-electron chi connectivity index (χ1n) is 10.9. The Morgan fingerprint density at radius 2 is 1.82 bits per heavy atom. The fourth-order valence-corrected chi connectivity index (χ4v) is 4.24. The molecule has 0 fully saturated rings. The number of carbonyl (C=O) groups excluding carboxylic acids is 2. The summed E-state index contributed by atoms with van der Waals surface area (Å²) in [6.45, 7) is 6.37. The molecule has 0 radical (unpaired) electrons. The fraction of sp³-hybridized carbons (Fsp3) is 0.308. The molecule has 0 aromatic heterocycles. The second-order valence-corrected chi connectivity index (χ2v) is 9.58. The molecule has 1 atom stereocenters. The number of rotatable bonds is 9. The minimum Gasteiger partial charge on any atom is -0.483 e. The van der Waals surface area contributed by atoms with Gasteiger partial charge in [0.05, 0.1) is 4.47 Å². The summed E-state index contributed by atoms with van der Waals surface area (Å²) in [7, 11) is 0. The maximum absolute atomic E-state index is 13.2. The maximum atomic E-state index is 13.2. The van der Waals surface area contributed by atoms with Gasteiger partial charge in [0.1, 0.15) is 11.8 Å². The van der Waals surface area contributed by atoms with E-state index in [0.29, 0.717) is 23.2 Å². The van der Waals surface area contributed by atoms with E-state index in [1.807, 2.05) is 62.4 Å². The highest BCUT2D eigenvalue weighted by Crippen LogP contribution is 2.33. The Morgan fingerprint density at radius 1 is 1.06 bits per heavy atom. The number of fused-ring (bicyclic) bond motifs is 1. The minimum atomic E-state index is -0.668. The zero-order valence-corrected chi connectivity index (χ0v) is 21.3. The van der Waals surface area contributed by atoms with Gasteiger partial charge in [0.15, 0.2) is 6.61 Å². The summed E-state index contributed by atoms with van der Waals surface area (Å²) in [4.78, 5) is 27.5. The average Bonchev–Trinajstić information content (AvgIpc) is 2.80. The van der Waals surface area contributed by atoms with E-state index in [9.17, 15) is 9.59 Å². The molecule has 5 nitrogen and oxygen atoms in total. The van der Waals surface area contributed by atoms with Crippen molar-refractivity contribution in [2.75, 3.05) is 13.2 Å². The molecular weight excluding hydrogens is 504 g/mol. The summed E-state index contributed by atoms with van der Waals surface area (Å²) in [5.74, 6) is 0.390. The molecule has 0 bridgehead atoms. The van der Waals surface area contributed by atoms with Crippen LogP contribution in [0.25, 0.3) is 10.8 Å². The van der Waals surface area contributed by atoms with Crippen LogP contribution in [0.1, 0.15) is 26.3 Å². The highest BCUT2D eigenvalue weighted by molar-refractivity contribution is 9.10. The van der Waals surface area contributed by atoms with E-state index in [1.54, 1.807) is 19.1 Å². The number of halogens is 2. The lowest BCUT2D eigenvalue weighted by Gasteiger charge is -2.29. The molecule has 3 rings (SSSR count). The second kappa shape index (κ2) is 11.5. The van der Waals surface area contributed by atoms with Gasteiger partial charge >= 0.3 is 0 Å². The molecule has 2 amide bonds. The van der Waals surface area contributed by atoms with Crippen LogP contribution in [0.15, 0.2) is 65.1 Å². The number of nitrogens with one attached hydrogen (secondary N) is 1. The molecule has 0 spiro atoms. The Bertz CT molecular complexity index is 1140. The lowest BCUT2D eigenvalue weighted by molar-refractivity contribution is -0.142. The van der Waals surface area contributed by atoms with Crippen LogP contribution in [-0.4, -0.2) is 35.9 Å². The third kappa shape index (κ3) is 6.71. The summed E-state index contributed by atoms with van der Waals surface area (Å²) in [6, 6.07) is 18.3. The van der Waals surface area contributed by atoms with Gasteiger partial charge < -0.3 is 15.0 Å². The van der Waals surface area contributed by atoms with Gasteiger partial charge in [-0.15, -0.1) is 0 Å². The van der Waals surface area contributed by atoms with Crippen molar-refractivity contribution in [3.8, 4) is 5.75 Å². The van der Waals surface area contributed by atoms with Gasteiger partial charge in [-0.1, -0.05) is 67.9 Å². The molecule has 1 N–H and O–H groups in total. The van der Waals surface area contributed by atoms with Gasteiger partial charge in [0.2, 0.25) is 5.91 Å². The molecule has 0 saturated carbocycles. The van der Waals surface area contributed by atoms with Crippen molar-refractivity contribution >= 4 is 50.1 Å². The van der Waals surface area contributed by atoms with Crippen LogP contribution in [0.5, 0.6) is 5.75 Å². The van der Waals surface area contributed by atoms with Crippen molar-refractivity contribution < 1.29 is 14.3 Å². The Kier molecular flexibility index (Phi) is 8.75. The number of amides is 2. The molecule has 0 saturated heterocycles. The van der Waals surface area contributed by atoms with Crippen LogP contribution < -0.4 is 10.1 Å². The highest BCUT2D eigenvalue weighted by Gasteiger charge is 2.27. The third-order valence-corrected chi connectivity index (χ3v) is 6.33. The largest absolute Gasteiger partial charge is 0.483 e. The molecule has 0 aliphatic heterocycles. The maximum Gasteiger partial charge on any atom is 0.261 e. The predicted octanol–water partition coefficient (Wildman–Crippen LogP) is 5.82. The van der Waals surface area contributed by atoms with Crippen LogP contribution in [0.3, 0.4) is 0 Å². The van der Waals surface area contributed by atoms with E-state index < -0.39 is 6.04 Å². The van der Waals surface area contributed by atoms with Crippen LogP contribution >= 0.6 is 27.5 Å². The Hall–Kier alpha value is -2.57. The highest BCUT2D eigenvalue weighted by atomic mass is 79.9. The van der Waals surface area contributed by atoms with E-state index in [0.717, 1.165) is 20.8 Å². The molecule has 174 valence electrons. The number of ether oxygens (including phenoxy) is 1. The number of hydrogen-bond acceptors (Lipinski definition) is 3. The normalized spacial score (nSPS) is 11.9. The van der Waals surface area contributed by atoms with E-state index >= 15 is 0 Å². The van der Waals surface area contributed by atoms with Gasteiger partial charge in [-0.3, -0.25) is 9.59 Å². The molecule has 0 aliphatic carbocycles. The monoisotopic (exact) mass is 530 g/mol. The number of nitrogens with zero attached hydrogens (tertiary/aromatic N) is 1. The lowest BCUT2D eigenvalue weighted by Crippen LogP contribution is -2.49. The first-order valence-corrected chi connectivity index (χ1v) is 12.0. The fourth-order valence-electron chi connectivity index (χ4n) is 3.41. The predicted molar refractivity (Wildman–Crippen MR) is 136 cm³/mol. The van der Waals surface area contributed by atoms with Gasteiger partial charge in [0, 0.05) is 18.1 Å². The second-order valence-electron chi connectivity index (χ2n) is 8.35. The Balaban J connectivity index is 1.78. The Morgan fingerprint density at radius 3 is 2.55 bits per heavy atom. The van der Waals surface area contributed by atoms with Crippen molar-refractivity contribution in [2.45, 2.75) is 33.4 Å². The first kappa shape index (κ1) is 25.1. The molecule has 0 heterocycles. The summed E-state index contributed by atoms with van der Waals surface area (Å²) < 4.78 is 6.67. The van der Waals surface area contributed by atoms with Crippen molar-refractivity contribution in [2.24, 2.45) is 5.92 Å².